The standard InChI is InChI=1S/C14H16BrFN2O/c1-10(2)9-18(7-3-6-17)14(19)12-5-4-11(15)8-13(12)16/h4-5,8,10H,3,7,9H2,1-2H3. The Morgan fingerprint density at radius 2 is 2.21 bits per heavy atom. The average molecular weight is 327 g/mol. The van der Waals surface area contributed by atoms with Gasteiger partial charge < -0.3 is 4.90 Å². The number of halogens is 2. The zero-order chi connectivity index (χ0) is 14.4. The van der Waals surface area contributed by atoms with E-state index < -0.39 is 5.82 Å². The Hall–Kier alpha value is -1.41. The maximum atomic E-state index is 13.8. The van der Waals surface area contributed by atoms with E-state index in [1.807, 2.05) is 19.9 Å². The second kappa shape index (κ2) is 7.25. The number of carbonyl (C=O) groups is 1. The molecule has 0 unspecified atom stereocenters. The van der Waals surface area contributed by atoms with Crippen LogP contribution in [0.3, 0.4) is 0 Å². The molecule has 0 bridgehead atoms. The molecule has 1 aromatic rings. The summed E-state index contributed by atoms with van der Waals surface area (Å²) in [6.45, 7) is 4.79. The first kappa shape index (κ1) is 15.6. The average Bonchev–Trinajstić information content (AvgIpc) is 2.33. The summed E-state index contributed by atoms with van der Waals surface area (Å²) in [5.41, 5.74) is 0.0433. The molecule has 1 rings (SSSR count). The third-order valence-corrected chi connectivity index (χ3v) is 3.02. The number of amides is 1. The molecule has 0 N–H and O–H groups in total. The zero-order valence-electron chi connectivity index (χ0n) is 11.0. The highest BCUT2D eigenvalue weighted by Crippen LogP contribution is 2.17. The topological polar surface area (TPSA) is 44.1 Å². The SMILES string of the molecule is CC(C)CN(CCC#N)C(=O)c1ccc(Br)cc1F. The van der Waals surface area contributed by atoms with Crippen LogP contribution in [-0.2, 0) is 0 Å². The molecule has 102 valence electrons. The molecule has 0 spiro atoms. The number of nitrogens with zero attached hydrogens (tertiary/aromatic N) is 2. The maximum absolute atomic E-state index is 13.8. The van der Waals surface area contributed by atoms with Gasteiger partial charge in [-0.25, -0.2) is 4.39 Å². The molecule has 1 amide bonds. The Kier molecular flexibility index (Phi) is 5.97. The van der Waals surface area contributed by atoms with Crippen LogP contribution in [0.4, 0.5) is 4.39 Å². The van der Waals surface area contributed by atoms with Crippen LogP contribution in [0.1, 0.15) is 30.6 Å². The van der Waals surface area contributed by atoms with E-state index in [0.29, 0.717) is 17.6 Å². The van der Waals surface area contributed by atoms with Crippen LogP contribution in [0.25, 0.3) is 0 Å². The number of nitriles is 1. The minimum absolute atomic E-state index is 0.0433. The lowest BCUT2D eigenvalue weighted by atomic mass is 10.1. The van der Waals surface area contributed by atoms with Crippen molar-refractivity contribution in [1.29, 1.82) is 5.26 Å². The van der Waals surface area contributed by atoms with Crippen LogP contribution in [0, 0.1) is 23.1 Å². The fraction of sp³-hybridized carbons (Fsp3) is 0.429. The summed E-state index contributed by atoms with van der Waals surface area (Å²) in [7, 11) is 0. The fourth-order valence-corrected chi connectivity index (χ4v) is 2.07. The van der Waals surface area contributed by atoms with Crippen molar-refractivity contribution in [3.8, 4) is 6.07 Å². The van der Waals surface area contributed by atoms with E-state index in [2.05, 4.69) is 15.9 Å². The third kappa shape index (κ3) is 4.64. The molecule has 0 fully saturated rings. The van der Waals surface area contributed by atoms with Gasteiger partial charge in [0.1, 0.15) is 5.82 Å². The van der Waals surface area contributed by atoms with Crippen LogP contribution in [0.5, 0.6) is 0 Å². The van der Waals surface area contributed by atoms with Crippen molar-refractivity contribution in [3.05, 3.63) is 34.1 Å². The Balaban J connectivity index is 2.94. The van der Waals surface area contributed by atoms with Gasteiger partial charge in [-0.1, -0.05) is 29.8 Å². The van der Waals surface area contributed by atoms with E-state index in [0.717, 1.165) is 0 Å². The predicted octanol–water partition coefficient (Wildman–Crippen LogP) is 3.60. The van der Waals surface area contributed by atoms with Gasteiger partial charge >= 0.3 is 0 Å². The van der Waals surface area contributed by atoms with Gasteiger partial charge in [0.15, 0.2) is 0 Å². The van der Waals surface area contributed by atoms with Gasteiger partial charge in [0.2, 0.25) is 0 Å². The molecular formula is C14H16BrFN2O. The second-order valence-corrected chi connectivity index (χ2v) is 5.59. The number of carbonyl (C=O) groups excluding carboxylic acids is 1. The molecule has 0 heterocycles. The first-order chi connectivity index (χ1) is 8.95. The highest BCUT2D eigenvalue weighted by molar-refractivity contribution is 9.10. The van der Waals surface area contributed by atoms with Crippen LogP contribution >= 0.6 is 15.9 Å². The summed E-state index contributed by atoms with van der Waals surface area (Å²) in [6.07, 6.45) is 0.247. The molecule has 0 aromatic heterocycles. The lowest BCUT2D eigenvalue weighted by molar-refractivity contribution is 0.0735. The normalized spacial score (nSPS) is 10.3. The van der Waals surface area contributed by atoms with Crippen molar-refractivity contribution in [2.24, 2.45) is 5.92 Å². The van der Waals surface area contributed by atoms with Crippen LogP contribution < -0.4 is 0 Å². The van der Waals surface area contributed by atoms with E-state index in [4.69, 9.17) is 5.26 Å². The number of benzene rings is 1. The molecule has 5 heteroatoms. The van der Waals surface area contributed by atoms with Gasteiger partial charge in [-0.2, -0.15) is 5.26 Å². The molecule has 0 radical (unpaired) electrons. The summed E-state index contributed by atoms with van der Waals surface area (Å²) < 4.78 is 14.4. The minimum atomic E-state index is -0.551. The predicted molar refractivity (Wildman–Crippen MR) is 75.1 cm³/mol. The molecule has 0 aliphatic carbocycles. The highest BCUT2D eigenvalue weighted by atomic mass is 79.9. The molecule has 0 atom stereocenters. The molecule has 1 aromatic carbocycles. The fourth-order valence-electron chi connectivity index (χ4n) is 1.73. The van der Waals surface area contributed by atoms with Crippen molar-refractivity contribution >= 4 is 21.8 Å². The summed E-state index contributed by atoms with van der Waals surface area (Å²) in [4.78, 5) is 13.8. The Labute approximate surface area is 121 Å². The first-order valence-corrected chi connectivity index (χ1v) is 6.86. The third-order valence-electron chi connectivity index (χ3n) is 2.53. The minimum Gasteiger partial charge on any atom is -0.337 e. The first-order valence-electron chi connectivity index (χ1n) is 6.07. The monoisotopic (exact) mass is 326 g/mol. The van der Waals surface area contributed by atoms with Gasteiger partial charge in [0, 0.05) is 17.6 Å². The van der Waals surface area contributed by atoms with Crippen molar-refractivity contribution in [1.82, 2.24) is 4.90 Å². The lowest BCUT2D eigenvalue weighted by Gasteiger charge is -2.24. The number of hydrogen-bond donors (Lipinski definition) is 0. The van der Waals surface area contributed by atoms with E-state index in [9.17, 15) is 9.18 Å². The molecule has 0 saturated carbocycles. The van der Waals surface area contributed by atoms with Gasteiger partial charge in [0.25, 0.3) is 5.91 Å². The molecule has 3 nitrogen and oxygen atoms in total. The number of hydrogen-bond acceptors (Lipinski definition) is 2. The van der Waals surface area contributed by atoms with Gasteiger partial charge in [-0.3, -0.25) is 4.79 Å². The summed E-state index contributed by atoms with van der Waals surface area (Å²) >= 11 is 3.16. The summed E-state index contributed by atoms with van der Waals surface area (Å²) in [6, 6.07) is 6.37. The Morgan fingerprint density at radius 3 is 2.74 bits per heavy atom. The van der Waals surface area contributed by atoms with Gasteiger partial charge in [0.05, 0.1) is 18.1 Å². The molecule has 0 aliphatic rings. The summed E-state index contributed by atoms with van der Waals surface area (Å²) in [5, 5.41) is 8.62. The Bertz CT molecular complexity index is 497. The lowest BCUT2D eigenvalue weighted by Crippen LogP contribution is -2.35. The molecule has 0 saturated heterocycles. The molecular weight excluding hydrogens is 311 g/mol. The summed E-state index contributed by atoms with van der Waals surface area (Å²) in [5.74, 6) is -0.653. The van der Waals surface area contributed by atoms with E-state index in [1.54, 1.807) is 6.07 Å². The van der Waals surface area contributed by atoms with E-state index in [1.165, 1.54) is 17.0 Å². The smallest absolute Gasteiger partial charge is 0.256 e. The van der Waals surface area contributed by atoms with E-state index in [-0.39, 0.29) is 23.8 Å². The van der Waals surface area contributed by atoms with Gasteiger partial charge in [-0.15, -0.1) is 0 Å². The second-order valence-electron chi connectivity index (χ2n) is 4.68. The van der Waals surface area contributed by atoms with Crippen molar-refractivity contribution in [2.75, 3.05) is 13.1 Å². The maximum Gasteiger partial charge on any atom is 0.256 e. The zero-order valence-corrected chi connectivity index (χ0v) is 12.6. The van der Waals surface area contributed by atoms with Crippen molar-refractivity contribution < 1.29 is 9.18 Å². The van der Waals surface area contributed by atoms with Crippen LogP contribution in [-0.4, -0.2) is 23.9 Å². The van der Waals surface area contributed by atoms with Crippen molar-refractivity contribution in [2.45, 2.75) is 20.3 Å². The van der Waals surface area contributed by atoms with Crippen molar-refractivity contribution in [3.63, 3.8) is 0 Å². The highest BCUT2D eigenvalue weighted by Gasteiger charge is 2.19. The molecule has 19 heavy (non-hydrogen) atoms. The quantitative estimate of drug-likeness (QED) is 0.829. The van der Waals surface area contributed by atoms with E-state index >= 15 is 0 Å². The number of rotatable bonds is 5. The van der Waals surface area contributed by atoms with Crippen LogP contribution in [0.2, 0.25) is 0 Å². The largest absolute Gasteiger partial charge is 0.337 e. The molecule has 0 aliphatic heterocycles. The van der Waals surface area contributed by atoms with Crippen LogP contribution in [0.15, 0.2) is 22.7 Å². The Morgan fingerprint density at radius 1 is 1.53 bits per heavy atom. The van der Waals surface area contributed by atoms with Gasteiger partial charge in [-0.05, 0) is 24.1 Å².